The number of carbonyl (C=O) groups excluding carboxylic acids is 2. The van der Waals surface area contributed by atoms with Crippen LogP contribution in [0.15, 0.2) is 66.7 Å². The van der Waals surface area contributed by atoms with E-state index in [-0.39, 0.29) is 19.6 Å². The van der Waals surface area contributed by atoms with E-state index in [1.807, 2.05) is 62.4 Å². The van der Waals surface area contributed by atoms with Crippen molar-refractivity contribution in [1.82, 2.24) is 4.90 Å². The summed E-state index contributed by atoms with van der Waals surface area (Å²) in [5.74, 6) is -0.834. The Labute approximate surface area is 200 Å². The second-order valence-corrected chi connectivity index (χ2v) is 8.04. The lowest BCUT2D eigenvalue weighted by Crippen LogP contribution is -2.31. The summed E-state index contributed by atoms with van der Waals surface area (Å²) in [6.07, 6.45) is -0.423. The molecule has 0 saturated heterocycles. The fourth-order valence-electron chi connectivity index (χ4n) is 3.74. The number of hydrogen-bond donors (Lipinski definition) is 0. The quantitative estimate of drug-likeness (QED) is 0.362. The van der Waals surface area contributed by atoms with Gasteiger partial charge in [-0.25, -0.2) is 9.18 Å². The minimum absolute atomic E-state index is 0.00725. The summed E-state index contributed by atoms with van der Waals surface area (Å²) in [7, 11) is 0. The molecule has 0 aliphatic carbocycles. The molecular formula is C28H30FNO4. The number of amides is 1. The maximum atomic E-state index is 14.4. The topological polar surface area (TPSA) is 55.8 Å². The first-order valence-corrected chi connectivity index (χ1v) is 11.4. The van der Waals surface area contributed by atoms with Crippen LogP contribution in [0.2, 0.25) is 0 Å². The third-order valence-corrected chi connectivity index (χ3v) is 5.39. The van der Waals surface area contributed by atoms with Crippen LogP contribution >= 0.6 is 0 Å². The Morgan fingerprint density at radius 2 is 1.68 bits per heavy atom. The highest BCUT2D eigenvalue weighted by atomic mass is 19.1. The van der Waals surface area contributed by atoms with Gasteiger partial charge in [0.1, 0.15) is 12.4 Å². The third kappa shape index (κ3) is 6.91. The molecule has 0 bridgehead atoms. The minimum Gasteiger partial charge on any atom is -0.466 e. The predicted molar refractivity (Wildman–Crippen MR) is 130 cm³/mol. The fraction of sp³-hybridized carbons (Fsp3) is 0.286. The van der Waals surface area contributed by atoms with Crippen molar-refractivity contribution < 1.29 is 23.5 Å². The van der Waals surface area contributed by atoms with E-state index in [1.165, 1.54) is 12.1 Å². The average Bonchev–Trinajstić information content (AvgIpc) is 2.81. The molecule has 0 aromatic heterocycles. The SMILES string of the molecule is CCOC(=O)Cc1cc(F)cc(-c2ccc(C)cc2CN(CC)C(=O)OCc2ccccc2)c1. The molecule has 0 fully saturated rings. The number of aryl methyl sites for hydroxylation is 1. The monoisotopic (exact) mass is 463 g/mol. The molecule has 6 heteroatoms. The number of rotatable bonds is 9. The molecule has 0 unspecified atom stereocenters. The molecule has 0 N–H and O–H groups in total. The molecule has 0 saturated carbocycles. The lowest BCUT2D eigenvalue weighted by molar-refractivity contribution is -0.142. The Morgan fingerprint density at radius 1 is 0.912 bits per heavy atom. The van der Waals surface area contributed by atoms with Crippen LogP contribution in [0.25, 0.3) is 11.1 Å². The first kappa shape index (κ1) is 25.0. The number of esters is 1. The van der Waals surface area contributed by atoms with Crippen LogP contribution < -0.4 is 0 Å². The number of ether oxygens (including phenoxy) is 2. The smallest absolute Gasteiger partial charge is 0.410 e. The zero-order chi connectivity index (χ0) is 24.5. The van der Waals surface area contributed by atoms with E-state index in [9.17, 15) is 14.0 Å². The van der Waals surface area contributed by atoms with Crippen LogP contribution in [0.1, 0.15) is 36.1 Å². The molecule has 3 aromatic carbocycles. The van der Waals surface area contributed by atoms with Crippen molar-refractivity contribution in [3.63, 3.8) is 0 Å². The van der Waals surface area contributed by atoms with Crippen LogP contribution in [0.3, 0.4) is 0 Å². The van der Waals surface area contributed by atoms with E-state index in [0.29, 0.717) is 24.2 Å². The second kappa shape index (κ2) is 12.0. The summed E-state index contributed by atoms with van der Waals surface area (Å²) in [5, 5.41) is 0. The number of hydrogen-bond acceptors (Lipinski definition) is 4. The second-order valence-electron chi connectivity index (χ2n) is 8.04. The van der Waals surface area contributed by atoms with Crippen LogP contribution in [-0.2, 0) is 33.8 Å². The van der Waals surface area contributed by atoms with Gasteiger partial charge in [0.25, 0.3) is 0 Å². The van der Waals surface area contributed by atoms with Gasteiger partial charge in [-0.05, 0) is 60.7 Å². The first-order valence-electron chi connectivity index (χ1n) is 11.4. The van der Waals surface area contributed by atoms with Gasteiger partial charge in [-0.3, -0.25) is 4.79 Å². The lowest BCUT2D eigenvalue weighted by atomic mass is 9.95. The van der Waals surface area contributed by atoms with Gasteiger partial charge in [0.15, 0.2) is 0 Å². The third-order valence-electron chi connectivity index (χ3n) is 5.39. The number of carbonyl (C=O) groups is 2. The van der Waals surface area contributed by atoms with E-state index in [2.05, 4.69) is 0 Å². The predicted octanol–water partition coefficient (Wildman–Crippen LogP) is 6.07. The van der Waals surface area contributed by atoms with Crippen molar-refractivity contribution in [3.05, 3.63) is 94.8 Å². The molecule has 0 heterocycles. The van der Waals surface area contributed by atoms with Crippen molar-refractivity contribution in [2.75, 3.05) is 13.2 Å². The highest BCUT2D eigenvalue weighted by Gasteiger charge is 2.17. The fourth-order valence-corrected chi connectivity index (χ4v) is 3.74. The number of halogens is 1. The van der Waals surface area contributed by atoms with E-state index >= 15 is 0 Å². The molecule has 178 valence electrons. The van der Waals surface area contributed by atoms with Crippen LogP contribution in [0.5, 0.6) is 0 Å². The Morgan fingerprint density at radius 3 is 2.38 bits per heavy atom. The largest absolute Gasteiger partial charge is 0.466 e. The molecule has 5 nitrogen and oxygen atoms in total. The summed E-state index contributed by atoms with van der Waals surface area (Å²) >= 11 is 0. The summed E-state index contributed by atoms with van der Waals surface area (Å²) in [5.41, 5.74) is 4.78. The summed E-state index contributed by atoms with van der Waals surface area (Å²) in [6, 6.07) is 19.9. The molecule has 1 amide bonds. The van der Waals surface area contributed by atoms with E-state index in [4.69, 9.17) is 9.47 Å². The van der Waals surface area contributed by atoms with Crippen molar-refractivity contribution in [2.24, 2.45) is 0 Å². The normalized spacial score (nSPS) is 10.6. The number of nitrogens with zero attached hydrogens (tertiary/aromatic N) is 1. The highest BCUT2D eigenvalue weighted by molar-refractivity contribution is 5.75. The molecular weight excluding hydrogens is 433 g/mol. The van der Waals surface area contributed by atoms with E-state index in [0.717, 1.165) is 22.3 Å². The first-order chi connectivity index (χ1) is 16.4. The minimum atomic E-state index is -0.432. The van der Waals surface area contributed by atoms with Crippen molar-refractivity contribution in [2.45, 2.75) is 40.3 Å². The van der Waals surface area contributed by atoms with Crippen LogP contribution in [-0.4, -0.2) is 30.1 Å². The molecule has 3 aromatic rings. The van der Waals surface area contributed by atoms with Gasteiger partial charge >= 0.3 is 12.1 Å². The molecule has 0 aliphatic heterocycles. The van der Waals surface area contributed by atoms with Crippen molar-refractivity contribution >= 4 is 12.1 Å². The van der Waals surface area contributed by atoms with E-state index < -0.39 is 17.9 Å². The van der Waals surface area contributed by atoms with Crippen LogP contribution in [0, 0.1) is 12.7 Å². The maximum absolute atomic E-state index is 14.4. The summed E-state index contributed by atoms with van der Waals surface area (Å²) in [6.45, 7) is 6.82. The molecule has 0 aliphatic rings. The van der Waals surface area contributed by atoms with Crippen molar-refractivity contribution in [3.8, 4) is 11.1 Å². The molecule has 3 rings (SSSR count). The Bertz CT molecular complexity index is 1130. The molecule has 0 spiro atoms. The van der Waals surface area contributed by atoms with Crippen molar-refractivity contribution in [1.29, 1.82) is 0 Å². The zero-order valence-corrected chi connectivity index (χ0v) is 19.8. The van der Waals surface area contributed by atoms with E-state index in [1.54, 1.807) is 17.9 Å². The Hall–Kier alpha value is -3.67. The van der Waals surface area contributed by atoms with Gasteiger partial charge in [-0.1, -0.05) is 60.2 Å². The van der Waals surface area contributed by atoms with Gasteiger partial charge in [-0.2, -0.15) is 0 Å². The van der Waals surface area contributed by atoms with Gasteiger partial charge < -0.3 is 14.4 Å². The zero-order valence-electron chi connectivity index (χ0n) is 19.8. The highest BCUT2D eigenvalue weighted by Crippen LogP contribution is 2.28. The standard InChI is InChI=1S/C28H30FNO4/c1-4-30(28(32)34-19-21-9-7-6-8-10-21)18-24-13-20(3)11-12-26(24)23-14-22(15-25(29)17-23)16-27(31)33-5-2/h6-15,17H,4-5,16,18-19H2,1-3H3. The summed E-state index contributed by atoms with van der Waals surface area (Å²) < 4.78 is 25.0. The molecule has 34 heavy (non-hydrogen) atoms. The van der Waals surface area contributed by atoms with Gasteiger partial charge in [0.05, 0.1) is 13.0 Å². The maximum Gasteiger partial charge on any atom is 0.410 e. The Balaban J connectivity index is 1.83. The summed E-state index contributed by atoms with van der Waals surface area (Å²) in [4.78, 5) is 26.3. The molecule has 0 atom stereocenters. The van der Waals surface area contributed by atoms with Crippen LogP contribution in [0.4, 0.5) is 9.18 Å². The lowest BCUT2D eigenvalue weighted by Gasteiger charge is -2.22. The molecule has 0 radical (unpaired) electrons. The van der Waals surface area contributed by atoms with Gasteiger partial charge in [0.2, 0.25) is 0 Å². The van der Waals surface area contributed by atoms with Gasteiger partial charge in [-0.15, -0.1) is 0 Å². The Kier molecular flexibility index (Phi) is 8.79. The van der Waals surface area contributed by atoms with Gasteiger partial charge in [0, 0.05) is 13.1 Å². The number of benzene rings is 3. The average molecular weight is 464 g/mol.